The minimum atomic E-state index is -0.0405. The number of rotatable bonds is 4. The molecule has 0 N–H and O–H groups in total. The summed E-state index contributed by atoms with van der Waals surface area (Å²) in [5, 5.41) is 0. The van der Waals surface area contributed by atoms with Gasteiger partial charge in [0.1, 0.15) is 5.76 Å². The Morgan fingerprint density at radius 3 is 2.78 bits per heavy atom. The third-order valence-corrected chi connectivity index (χ3v) is 4.36. The molecule has 1 aromatic carbocycles. The average molecular weight is 313 g/mol. The lowest BCUT2D eigenvalue weighted by atomic mass is 10.2. The number of amides is 1. The number of aryl methyl sites for hydroxylation is 1. The van der Waals surface area contributed by atoms with E-state index in [1.165, 1.54) is 0 Å². The van der Waals surface area contributed by atoms with Crippen molar-refractivity contribution < 1.29 is 9.21 Å². The molecule has 1 fully saturated rings. The van der Waals surface area contributed by atoms with Crippen LogP contribution in [0.5, 0.6) is 0 Å². The first-order valence-electron chi connectivity index (χ1n) is 8.03. The van der Waals surface area contributed by atoms with Crippen LogP contribution in [0, 0.1) is 6.92 Å². The highest BCUT2D eigenvalue weighted by Gasteiger charge is 2.32. The summed E-state index contributed by atoms with van der Waals surface area (Å²) in [7, 11) is 3.63. The minimum absolute atomic E-state index is 0.0405. The molecule has 1 saturated heterocycles. The number of likely N-dealkylation sites (N-methyl/N-ethyl adjacent to an activating group) is 1. The Balaban J connectivity index is 1.78. The summed E-state index contributed by atoms with van der Waals surface area (Å²) in [6.07, 6.45) is 1.96. The molecule has 122 valence electrons. The summed E-state index contributed by atoms with van der Waals surface area (Å²) in [6, 6.07) is 9.86. The molecule has 2 aromatic rings. The number of likely N-dealkylation sites (tertiary alicyclic amines) is 1. The van der Waals surface area contributed by atoms with Gasteiger partial charge < -0.3 is 9.32 Å². The summed E-state index contributed by atoms with van der Waals surface area (Å²) < 4.78 is 5.82. The van der Waals surface area contributed by atoms with E-state index in [1.807, 2.05) is 51.4 Å². The summed E-state index contributed by atoms with van der Waals surface area (Å²) in [5.74, 6) is 1.64. The molecule has 1 aliphatic rings. The molecule has 2 heterocycles. The number of benzene rings is 1. The van der Waals surface area contributed by atoms with Crippen molar-refractivity contribution in [3.63, 3.8) is 0 Å². The third kappa shape index (κ3) is 3.29. The number of carbonyl (C=O) groups excluding carboxylic acids is 1. The SMILES string of the molecule is Cc1oc(-c2ccccc2)nc1CN1CCCC1C(=O)N(C)C. The molecule has 1 unspecified atom stereocenters. The normalized spacial score (nSPS) is 18.3. The van der Waals surface area contributed by atoms with Crippen molar-refractivity contribution in [1.82, 2.24) is 14.8 Å². The fraction of sp³-hybridized carbons (Fsp3) is 0.444. The highest BCUT2D eigenvalue weighted by atomic mass is 16.4. The van der Waals surface area contributed by atoms with Gasteiger partial charge in [-0.2, -0.15) is 0 Å². The van der Waals surface area contributed by atoms with Gasteiger partial charge in [0.05, 0.1) is 11.7 Å². The molecule has 0 spiro atoms. The molecule has 0 saturated carbocycles. The Labute approximate surface area is 136 Å². The van der Waals surface area contributed by atoms with Crippen molar-refractivity contribution in [2.75, 3.05) is 20.6 Å². The predicted octanol–water partition coefficient (Wildman–Crippen LogP) is 2.70. The van der Waals surface area contributed by atoms with E-state index in [-0.39, 0.29) is 11.9 Å². The van der Waals surface area contributed by atoms with E-state index in [9.17, 15) is 4.79 Å². The van der Waals surface area contributed by atoms with Gasteiger partial charge in [0.15, 0.2) is 0 Å². The summed E-state index contributed by atoms with van der Waals surface area (Å²) >= 11 is 0. The minimum Gasteiger partial charge on any atom is -0.441 e. The van der Waals surface area contributed by atoms with Gasteiger partial charge in [-0.25, -0.2) is 4.98 Å². The molecule has 0 radical (unpaired) electrons. The van der Waals surface area contributed by atoms with E-state index in [0.717, 1.165) is 36.4 Å². The molecule has 23 heavy (non-hydrogen) atoms. The molecule has 5 heteroatoms. The van der Waals surface area contributed by atoms with Crippen LogP contribution in [-0.4, -0.2) is 47.4 Å². The van der Waals surface area contributed by atoms with Crippen LogP contribution in [-0.2, 0) is 11.3 Å². The molecule has 3 rings (SSSR count). The first-order chi connectivity index (χ1) is 11.1. The van der Waals surface area contributed by atoms with Gasteiger partial charge in [0.2, 0.25) is 11.8 Å². The van der Waals surface area contributed by atoms with E-state index in [0.29, 0.717) is 12.4 Å². The van der Waals surface area contributed by atoms with E-state index in [4.69, 9.17) is 4.42 Å². The van der Waals surface area contributed by atoms with Crippen molar-refractivity contribution in [1.29, 1.82) is 0 Å². The Hall–Kier alpha value is -2.14. The smallest absolute Gasteiger partial charge is 0.239 e. The van der Waals surface area contributed by atoms with Gasteiger partial charge in [0.25, 0.3) is 0 Å². The van der Waals surface area contributed by atoms with Gasteiger partial charge in [-0.05, 0) is 38.4 Å². The summed E-state index contributed by atoms with van der Waals surface area (Å²) in [4.78, 5) is 20.8. The van der Waals surface area contributed by atoms with Crippen molar-refractivity contribution >= 4 is 5.91 Å². The van der Waals surface area contributed by atoms with Gasteiger partial charge in [-0.15, -0.1) is 0 Å². The number of oxazole rings is 1. The fourth-order valence-electron chi connectivity index (χ4n) is 3.06. The molecule has 1 aromatic heterocycles. The molecule has 1 aliphatic heterocycles. The van der Waals surface area contributed by atoms with Gasteiger partial charge in [-0.3, -0.25) is 9.69 Å². The Kier molecular flexibility index (Phi) is 4.48. The Bertz CT molecular complexity index is 679. The van der Waals surface area contributed by atoms with Crippen LogP contribution in [0.1, 0.15) is 24.3 Å². The largest absolute Gasteiger partial charge is 0.441 e. The zero-order valence-electron chi connectivity index (χ0n) is 14.0. The highest BCUT2D eigenvalue weighted by molar-refractivity contribution is 5.81. The van der Waals surface area contributed by atoms with Crippen molar-refractivity contribution in [2.24, 2.45) is 0 Å². The molecular weight excluding hydrogens is 290 g/mol. The first-order valence-corrected chi connectivity index (χ1v) is 8.03. The Morgan fingerprint density at radius 1 is 1.35 bits per heavy atom. The number of carbonyl (C=O) groups is 1. The van der Waals surface area contributed by atoms with Crippen LogP contribution < -0.4 is 0 Å². The van der Waals surface area contributed by atoms with Crippen LogP contribution in [0.25, 0.3) is 11.5 Å². The second-order valence-corrected chi connectivity index (χ2v) is 6.25. The predicted molar refractivity (Wildman–Crippen MR) is 88.8 cm³/mol. The molecular formula is C18H23N3O2. The monoisotopic (exact) mass is 313 g/mol. The maximum Gasteiger partial charge on any atom is 0.239 e. The van der Waals surface area contributed by atoms with E-state index in [2.05, 4.69) is 9.88 Å². The number of hydrogen-bond donors (Lipinski definition) is 0. The van der Waals surface area contributed by atoms with Crippen molar-refractivity contribution in [3.05, 3.63) is 41.8 Å². The Morgan fingerprint density at radius 2 is 2.09 bits per heavy atom. The van der Waals surface area contributed by atoms with E-state index >= 15 is 0 Å². The second-order valence-electron chi connectivity index (χ2n) is 6.25. The molecule has 0 bridgehead atoms. The van der Waals surface area contributed by atoms with Crippen LogP contribution in [0.4, 0.5) is 0 Å². The van der Waals surface area contributed by atoms with Gasteiger partial charge >= 0.3 is 0 Å². The highest BCUT2D eigenvalue weighted by Crippen LogP contribution is 2.25. The molecule has 1 amide bonds. The number of nitrogens with zero attached hydrogens (tertiary/aromatic N) is 3. The van der Waals surface area contributed by atoms with Crippen molar-refractivity contribution in [3.8, 4) is 11.5 Å². The topological polar surface area (TPSA) is 49.6 Å². The molecule has 1 atom stereocenters. The number of hydrogen-bond acceptors (Lipinski definition) is 4. The average Bonchev–Trinajstić information content (AvgIpc) is 3.15. The van der Waals surface area contributed by atoms with Crippen LogP contribution >= 0.6 is 0 Å². The fourth-order valence-corrected chi connectivity index (χ4v) is 3.06. The van der Waals surface area contributed by atoms with Gasteiger partial charge in [-0.1, -0.05) is 18.2 Å². The lowest BCUT2D eigenvalue weighted by Gasteiger charge is -2.25. The van der Waals surface area contributed by atoms with Crippen LogP contribution in [0.3, 0.4) is 0 Å². The van der Waals surface area contributed by atoms with Crippen LogP contribution in [0.15, 0.2) is 34.7 Å². The van der Waals surface area contributed by atoms with Crippen LogP contribution in [0.2, 0.25) is 0 Å². The van der Waals surface area contributed by atoms with E-state index in [1.54, 1.807) is 4.90 Å². The number of aromatic nitrogens is 1. The molecule has 5 nitrogen and oxygen atoms in total. The molecule has 0 aliphatic carbocycles. The maximum atomic E-state index is 12.3. The lowest BCUT2D eigenvalue weighted by Crippen LogP contribution is -2.42. The first kappa shape index (κ1) is 15.7. The standard InChI is InChI=1S/C18H23N3O2/c1-13-15(19-17(23-13)14-8-5-4-6-9-14)12-21-11-7-10-16(21)18(22)20(2)3/h4-6,8-9,16H,7,10-12H2,1-3H3. The van der Waals surface area contributed by atoms with Crippen molar-refractivity contribution in [2.45, 2.75) is 32.4 Å². The lowest BCUT2D eigenvalue weighted by molar-refractivity contribution is -0.133. The summed E-state index contributed by atoms with van der Waals surface area (Å²) in [6.45, 7) is 3.53. The summed E-state index contributed by atoms with van der Waals surface area (Å²) in [5.41, 5.74) is 1.89. The third-order valence-electron chi connectivity index (χ3n) is 4.36. The second kappa shape index (κ2) is 6.54. The van der Waals surface area contributed by atoms with E-state index < -0.39 is 0 Å². The zero-order chi connectivity index (χ0) is 16.4. The van der Waals surface area contributed by atoms with Gasteiger partial charge in [0, 0.05) is 26.2 Å². The quantitative estimate of drug-likeness (QED) is 0.871. The maximum absolute atomic E-state index is 12.3. The zero-order valence-corrected chi connectivity index (χ0v) is 14.0.